The van der Waals surface area contributed by atoms with E-state index < -0.39 is 0 Å². The first kappa shape index (κ1) is 40.9. The Bertz CT molecular complexity index is 3580. The van der Waals surface area contributed by atoms with E-state index in [0.29, 0.717) is 0 Å². The minimum Gasteiger partial charge on any atom is -0.354 e. The molecule has 0 unspecified atom stereocenters. The van der Waals surface area contributed by atoms with E-state index in [1.807, 2.05) is 6.20 Å². The van der Waals surface area contributed by atoms with Crippen molar-refractivity contribution in [2.45, 2.75) is 52.4 Å². The van der Waals surface area contributed by atoms with E-state index in [4.69, 9.17) is 9.97 Å². The fourth-order valence-electron chi connectivity index (χ4n) is 9.49. The maximum Gasteiger partial charge on any atom is 0.147 e. The number of benzene rings is 8. The van der Waals surface area contributed by atoms with E-state index in [1.54, 1.807) is 0 Å². The molecule has 0 saturated heterocycles. The van der Waals surface area contributed by atoms with Gasteiger partial charge in [-0.2, -0.15) is 0 Å². The Morgan fingerprint density at radius 1 is 0.424 bits per heavy atom. The third kappa shape index (κ3) is 7.39. The Hall–Kier alpha value is -7.82. The first-order chi connectivity index (χ1) is 32.0. The van der Waals surface area contributed by atoms with Gasteiger partial charge in [0, 0.05) is 44.7 Å². The third-order valence-corrected chi connectivity index (χ3v) is 13.1. The summed E-state index contributed by atoms with van der Waals surface area (Å²) in [4.78, 5) is 14.8. The molecule has 320 valence electrons. The number of H-pyrrole nitrogens is 1. The molecule has 11 rings (SSSR count). The summed E-state index contributed by atoms with van der Waals surface area (Å²) in [6, 6.07) is 70.1. The second-order valence-electron chi connectivity index (χ2n) is 19.6. The quantitative estimate of drug-likeness (QED) is 0.174. The van der Waals surface area contributed by atoms with Crippen LogP contribution in [0.5, 0.6) is 0 Å². The van der Waals surface area contributed by atoms with Gasteiger partial charge in [0.1, 0.15) is 5.82 Å². The number of nitrogens with one attached hydrogen (secondary N) is 1. The highest BCUT2D eigenvalue weighted by Crippen LogP contribution is 2.44. The van der Waals surface area contributed by atoms with E-state index in [-0.39, 0.29) is 10.8 Å². The van der Waals surface area contributed by atoms with Gasteiger partial charge in [0.2, 0.25) is 0 Å². The number of aromatic amines is 1. The summed E-state index contributed by atoms with van der Waals surface area (Å²) < 4.78 is 2.40. The number of nitrogens with zero attached hydrogens (tertiary/aromatic N) is 3. The lowest BCUT2D eigenvalue weighted by molar-refractivity contribution is 0.590. The number of pyridine rings is 1. The summed E-state index contributed by atoms with van der Waals surface area (Å²) in [6.45, 7) is 13.8. The van der Waals surface area contributed by atoms with E-state index in [1.165, 1.54) is 21.9 Å². The van der Waals surface area contributed by atoms with Crippen molar-refractivity contribution in [3.8, 4) is 72.8 Å². The van der Waals surface area contributed by atoms with E-state index in [2.05, 4.69) is 245 Å². The molecule has 0 atom stereocenters. The molecule has 0 aliphatic heterocycles. The fourth-order valence-corrected chi connectivity index (χ4v) is 9.49. The number of fused-ring (bicyclic) bond motifs is 4. The lowest BCUT2D eigenvalue weighted by atomic mass is 9.84. The van der Waals surface area contributed by atoms with Crippen LogP contribution in [0.1, 0.15) is 52.7 Å². The molecule has 0 spiro atoms. The molecule has 4 nitrogen and oxygen atoms in total. The molecular weight excluding hydrogens is 801 g/mol. The Kier molecular flexibility index (Phi) is 9.92. The van der Waals surface area contributed by atoms with Crippen LogP contribution in [0.4, 0.5) is 0 Å². The monoisotopic (exact) mass is 852 g/mol. The number of aromatic nitrogens is 4. The number of hydrogen-bond acceptors (Lipinski definition) is 2. The molecule has 0 fully saturated rings. The van der Waals surface area contributed by atoms with Gasteiger partial charge in [0.25, 0.3) is 0 Å². The van der Waals surface area contributed by atoms with Crippen molar-refractivity contribution in [2.24, 2.45) is 0 Å². The summed E-state index contributed by atoms with van der Waals surface area (Å²) >= 11 is 0. The molecule has 0 amide bonds. The first-order valence-electron chi connectivity index (χ1n) is 23.0. The second kappa shape index (κ2) is 16.0. The van der Waals surface area contributed by atoms with Crippen LogP contribution < -0.4 is 0 Å². The molecule has 66 heavy (non-hydrogen) atoms. The first-order valence-corrected chi connectivity index (χ1v) is 23.0. The van der Waals surface area contributed by atoms with Crippen LogP contribution in [0.15, 0.2) is 200 Å². The summed E-state index contributed by atoms with van der Waals surface area (Å²) in [5, 5.41) is 2.44. The van der Waals surface area contributed by atoms with Crippen LogP contribution in [-0.4, -0.2) is 19.5 Å². The topological polar surface area (TPSA) is 46.5 Å². The van der Waals surface area contributed by atoms with Crippen molar-refractivity contribution in [1.82, 2.24) is 19.5 Å². The Morgan fingerprint density at radius 2 is 1.03 bits per heavy atom. The molecule has 4 heteroatoms. The number of imidazole rings is 1. The zero-order chi connectivity index (χ0) is 45.2. The van der Waals surface area contributed by atoms with Crippen LogP contribution in [0.3, 0.4) is 0 Å². The van der Waals surface area contributed by atoms with Crippen LogP contribution in [0, 0.1) is 0 Å². The maximum atomic E-state index is 5.86. The van der Waals surface area contributed by atoms with Crippen LogP contribution in [0.2, 0.25) is 0 Å². The van der Waals surface area contributed by atoms with Crippen LogP contribution in [-0.2, 0) is 10.8 Å². The minimum atomic E-state index is -0.127. The number of rotatable bonds is 7. The summed E-state index contributed by atoms with van der Waals surface area (Å²) in [6.07, 6.45) is 1.92. The average molecular weight is 853 g/mol. The third-order valence-electron chi connectivity index (χ3n) is 13.1. The smallest absolute Gasteiger partial charge is 0.147 e. The van der Waals surface area contributed by atoms with E-state index >= 15 is 0 Å². The van der Waals surface area contributed by atoms with Gasteiger partial charge in [0.05, 0.1) is 27.9 Å². The molecule has 8 aromatic carbocycles. The van der Waals surface area contributed by atoms with Gasteiger partial charge < -0.3 is 4.98 Å². The van der Waals surface area contributed by atoms with Crippen molar-refractivity contribution in [1.29, 1.82) is 0 Å². The Morgan fingerprint density at radius 3 is 1.74 bits per heavy atom. The molecular formula is C62H52N4. The van der Waals surface area contributed by atoms with Crippen molar-refractivity contribution < 1.29 is 0 Å². The van der Waals surface area contributed by atoms with Crippen molar-refractivity contribution in [3.05, 3.63) is 211 Å². The molecule has 0 aliphatic rings. The predicted octanol–water partition coefficient (Wildman–Crippen LogP) is 16.7. The summed E-state index contributed by atoms with van der Waals surface area (Å²) in [5.41, 5.74) is 19.7. The van der Waals surface area contributed by atoms with Crippen LogP contribution in [0.25, 0.3) is 106 Å². The average Bonchev–Trinajstić information content (AvgIpc) is 3.92. The molecule has 11 aromatic rings. The highest BCUT2D eigenvalue weighted by molar-refractivity contribution is 6.13. The summed E-state index contributed by atoms with van der Waals surface area (Å²) in [7, 11) is 0. The van der Waals surface area contributed by atoms with Gasteiger partial charge in [-0.3, -0.25) is 9.55 Å². The van der Waals surface area contributed by atoms with Crippen molar-refractivity contribution >= 4 is 32.8 Å². The van der Waals surface area contributed by atoms with Gasteiger partial charge in [-0.05, 0) is 122 Å². The van der Waals surface area contributed by atoms with Gasteiger partial charge in [0.15, 0.2) is 0 Å². The number of hydrogen-bond donors (Lipinski definition) is 1. The number of para-hydroxylation sites is 2. The van der Waals surface area contributed by atoms with Gasteiger partial charge in [-0.25, -0.2) is 4.98 Å². The highest BCUT2D eigenvalue weighted by atomic mass is 15.1. The van der Waals surface area contributed by atoms with Crippen molar-refractivity contribution in [3.63, 3.8) is 0 Å². The predicted molar refractivity (Wildman–Crippen MR) is 278 cm³/mol. The molecule has 0 radical (unpaired) electrons. The molecule has 3 aromatic heterocycles. The molecule has 0 bridgehead atoms. The SMILES string of the molecule is CC(C)(C)c1ccc2[nH]c3c(-c4nc5c(-c6cc(-c7ccccc7)cc(-c7cc(-c8ccccc8)ccn7)c6)cccc5n4-c4ccccc4-c4ccccc4)cc(C(C)(C)C)cc3c2c1. The lowest BCUT2D eigenvalue weighted by Gasteiger charge is -2.21. The molecule has 0 saturated carbocycles. The fraction of sp³-hybridized carbons (Fsp3) is 0.129. The normalized spacial score (nSPS) is 12.1. The molecule has 3 heterocycles. The minimum absolute atomic E-state index is 0.00617. The van der Waals surface area contributed by atoms with E-state index in [0.717, 1.165) is 94.9 Å². The Labute approximate surface area is 387 Å². The highest BCUT2D eigenvalue weighted by Gasteiger charge is 2.26. The lowest BCUT2D eigenvalue weighted by Crippen LogP contribution is -2.11. The van der Waals surface area contributed by atoms with Gasteiger partial charge in [-0.15, -0.1) is 0 Å². The van der Waals surface area contributed by atoms with Gasteiger partial charge >= 0.3 is 0 Å². The standard InChI is InChI=1S/C62H52N4/c1-61(2,3)47-29-30-54-51(37-47)52-38-48(62(4,5)6)39-53(58(52)64-54)60-65-59-50(26-18-28-57(59)66(60)56-27-17-16-25-49(56)42-23-14-9-15-24-42)45-33-44(41-21-12-8-13-22-41)34-46(35-45)55-36-43(31-32-63-55)40-19-10-7-11-20-40/h7-39,64H,1-6H3. The molecule has 1 N–H and O–H groups in total. The zero-order valence-corrected chi connectivity index (χ0v) is 38.4. The maximum absolute atomic E-state index is 5.86. The second-order valence-corrected chi connectivity index (χ2v) is 19.6. The zero-order valence-electron chi connectivity index (χ0n) is 38.4. The summed E-state index contributed by atoms with van der Waals surface area (Å²) in [5.74, 6) is 0.885. The van der Waals surface area contributed by atoms with Crippen molar-refractivity contribution in [2.75, 3.05) is 0 Å². The van der Waals surface area contributed by atoms with Crippen LogP contribution >= 0.6 is 0 Å². The molecule has 0 aliphatic carbocycles. The van der Waals surface area contributed by atoms with Gasteiger partial charge in [-0.1, -0.05) is 169 Å². The largest absolute Gasteiger partial charge is 0.354 e. The Balaban J connectivity index is 1.22. The van der Waals surface area contributed by atoms with E-state index in [9.17, 15) is 0 Å².